The van der Waals surface area contributed by atoms with Gasteiger partial charge in [0.15, 0.2) is 15.0 Å². The SMILES string of the molecule is CCN(CC)CCN(C(=O)Cc1ccc(S(=O)(=O)C(C)C)cc1)c1nc2c(C)cc(C)cc2s1. The number of nitrogens with zero attached hydrogens (tertiary/aromatic N) is 3. The molecule has 0 aliphatic heterocycles. The number of anilines is 1. The topological polar surface area (TPSA) is 70.6 Å². The van der Waals surface area contributed by atoms with E-state index in [0.29, 0.717) is 11.7 Å². The first-order valence-corrected chi connectivity index (χ1v) is 14.2. The van der Waals surface area contributed by atoms with Crippen LogP contribution < -0.4 is 4.90 Å². The van der Waals surface area contributed by atoms with Gasteiger partial charge in [0, 0.05) is 13.1 Å². The Morgan fingerprint density at radius 2 is 1.68 bits per heavy atom. The number of carbonyl (C=O) groups excluding carboxylic acids is 1. The van der Waals surface area contributed by atoms with Crippen LogP contribution in [-0.2, 0) is 21.1 Å². The molecule has 2 aromatic carbocycles. The van der Waals surface area contributed by atoms with Crippen molar-refractivity contribution in [3.05, 3.63) is 53.1 Å². The number of likely N-dealkylation sites (N-methyl/N-ethyl adjacent to an activating group) is 1. The molecular formula is C26H35N3O3S2. The minimum Gasteiger partial charge on any atom is -0.302 e. The van der Waals surface area contributed by atoms with E-state index >= 15 is 0 Å². The van der Waals surface area contributed by atoms with Crippen molar-refractivity contribution in [3.63, 3.8) is 0 Å². The molecule has 0 N–H and O–H groups in total. The van der Waals surface area contributed by atoms with E-state index in [1.165, 1.54) is 5.56 Å². The Labute approximate surface area is 207 Å². The molecule has 34 heavy (non-hydrogen) atoms. The lowest BCUT2D eigenvalue weighted by atomic mass is 10.1. The monoisotopic (exact) mass is 501 g/mol. The number of hydrogen-bond acceptors (Lipinski definition) is 6. The smallest absolute Gasteiger partial charge is 0.233 e. The summed E-state index contributed by atoms with van der Waals surface area (Å²) in [6.07, 6.45) is 0.189. The third-order valence-electron chi connectivity index (χ3n) is 6.11. The fourth-order valence-electron chi connectivity index (χ4n) is 3.92. The molecule has 3 rings (SSSR count). The molecular weight excluding hydrogens is 466 g/mol. The Bertz CT molecular complexity index is 1240. The average molecular weight is 502 g/mol. The maximum absolute atomic E-state index is 13.5. The van der Waals surface area contributed by atoms with Crippen molar-refractivity contribution in [2.24, 2.45) is 0 Å². The number of thiazole rings is 1. The maximum atomic E-state index is 13.5. The van der Waals surface area contributed by atoms with Gasteiger partial charge >= 0.3 is 0 Å². The van der Waals surface area contributed by atoms with Gasteiger partial charge in [0.25, 0.3) is 0 Å². The summed E-state index contributed by atoms with van der Waals surface area (Å²) in [4.78, 5) is 22.7. The zero-order valence-electron chi connectivity index (χ0n) is 21.0. The van der Waals surface area contributed by atoms with Crippen molar-refractivity contribution in [1.29, 1.82) is 0 Å². The van der Waals surface area contributed by atoms with Gasteiger partial charge in [-0.05, 0) is 75.7 Å². The third kappa shape index (κ3) is 5.85. The van der Waals surface area contributed by atoms with Crippen LogP contribution in [0.15, 0.2) is 41.3 Å². The van der Waals surface area contributed by atoms with Crippen LogP contribution in [0.5, 0.6) is 0 Å². The molecule has 0 aliphatic rings. The Balaban J connectivity index is 1.89. The number of aryl methyl sites for hydroxylation is 2. The second-order valence-corrected chi connectivity index (χ2v) is 12.4. The summed E-state index contributed by atoms with van der Waals surface area (Å²) >= 11 is 1.54. The van der Waals surface area contributed by atoms with Gasteiger partial charge in [0.05, 0.1) is 26.8 Å². The van der Waals surface area contributed by atoms with Crippen LogP contribution in [0.3, 0.4) is 0 Å². The van der Waals surface area contributed by atoms with E-state index in [-0.39, 0.29) is 17.2 Å². The van der Waals surface area contributed by atoms with Crippen LogP contribution in [0.25, 0.3) is 10.2 Å². The van der Waals surface area contributed by atoms with E-state index in [2.05, 4.69) is 37.8 Å². The quantitative estimate of drug-likeness (QED) is 0.390. The zero-order chi connectivity index (χ0) is 25.0. The van der Waals surface area contributed by atoms with Crippen molar-refractivity contribution >= 4 is 42.4 Å². The molecule has 184 valence electrons. The van der Waals surface area contributed by atoms with Crippen molar-refractivity contribution in [3.8, 4) is 0 Å². The van der Waals surface area contributed by atoms with Gasteiger partial charge in [-0.2, -0.15) is 0 Å². The van der Waals surface area contributed by atoms with Gasteiger partial charge in [-0.15, -0.1) is 0 Å². The first-order valence-electron chi connectivity index (χ1n) is 11.8. The van der Waals surface area contributed by atoms with E-state index in [1.807, 2.05) is 6.92 Å². The number of fused-ring (bicyclic) bond motifs is 1. The molecule has 0 fully saturated rings. The Hall–Kier alpha value is -2.29. The molecule has 0 saturated heterocycles. The number of carbonyl (C=O) groups is 1. The van der Waals surface area contributed by atoms with Crippen LogP contribution in [0.2, 0.25) is 0 Å². The van der Waals surface area contributed by atoms with E-state index in [1.54, 1.807) is 54.3 Å². The van der Waals surface area contributed by atoms with Gasteiger partial charge in [0.2, 0.25) is 5.91 Å². The molecule has 0 saturated carbocycles. The molecule has 0 radical (unpaired) electrons. The third-order valence-corrected chi connectivity index (χ3v) is 9.31. The zero-order valence-corrected chi connectivity index (χ0v) is 22.6. The summed E-state index contributed by atoms with van der Waals surface area (Å²) in [6.45, 7) is 14.8. The second kappa shape index (κ2) is 11.0. The highest BCUT2D eigenvalue weighted by Crippen LogP contribution is 2.32. The van der Waals surface area contributed by atoms with Gasteiger partial charge in [-0.3, -0.25) is 9.69 Å². The summed E-state index contributed by atoms with van der Waals surface area (Å²) in [5.74, 6) is -0.0416. The number of hydrogen-bond donors (Lipinski definition) is 0. The molecule has 0 unspecified atom stereocenters. The predicted octanol–water partition coefficient (Wildman–Crippen LogP) is 5.01. The molecule has 1 amide bonds. The first-order chi connectivity index (χ1) is 16.1. The Morgan fingerprint density at radius 1 is 1.03 bits per heavy atom. The van der Waals surface area contributed by atoms with E-state index in [0.717, 1.165) is 41.0 Å². The molecule has 0 spiro atoms. The summed E-state index contributed by atoms with van der Waals surface area (Å²) < 4.78 is 25.9. The highest BCUT2D eigenvalue weighted by Gasteiger charge is 2.23. The standard InChI is InChI=1S/C26H35N3O3S2/c1-7-28(8-2)13-14-29(26-27-25-20(6)15-19(5)16-23(25)33-26)24(30)17-21-9-11-22(12-10-21)34(31,32)18(3)4/h9-12,15-16,18H,7-8,13-14,17H2,1-6H3. The molecule has 1 aromatic heterocycles. The van der Waals surface area contributed by atoms with Crippen LogP contribution in [0.1, 0.15) is 44.4 Å². The summed E-state index contributed by atoms with van der Waals surface area (Å²) in [6, 6.07) is 10.9. The van der Waals surface area contributed by atoms with E-state index in [4.69, 9.17) is 4.98 Å². The maximum Gasteiger partial charge on any atom is 0.233 e. The average Bonchev–Trinajstić information content (AvgIpc) is 3.21. The van der Waals surface area contributed by atoms with E-state index in [9.17, 15) is 13.2 Å². The van der Waals surface area contributed by atoms with Gasteiger partial charge in [-0.1, -0.05) is 43.4 Å². The van der Waals surface area contributed by atoms with Gasteiger partial charge < -0.3 is 4.90 Å². The summed E-state index contributed by atoms with van der Waals surface area (Å²) in [5.41, 5.74) is 4.01. The molecule has 6 nitrogen and oxygen atoms in total. The molecule has 8 heteroatoms. The lowest BCUT2D eigenvalue weighted by Crippen LogP contribution is -2.39. The van der Waals surface area contributed by atoms with Crippen molar-refractivity contribution in [1.82, 2.24) is 9.88 Å². The fourth-order valence-corrected chi connectivity index (χ4v) is 6.17. The van der Waals surface area contributed by atoms with Crippen LogP contribution in [0.4, 0.5) is 5.13 Å². The van der Waals surface area contributed by atoms with Crippen molar-refractivity contribution < 1.29 is 13.2 Å². The Morgan fingerprint density at radius 3 is 2.26 bits per heavy atom. The minimum atomic E-state index is -3.34. The van der Waals surface area contributed by atoms with Crippen LogP contribution in [0, 0.1) is 13.8 Å². The highest BCUT2D eigenvalue weighted by molar-refractivity contribution is 7.92. The molecule has 1 heterocycles. The van der Waals surface area contributed by atoms with Crippen molar-refractivity contribution in [2.75, 3.05) is 31.1 Å². The second-order valence-electron chi connectivity index (χ2n) is 8.91. The number of rotatable bonds is 10. The molecule has 0 atom stereocenters. The van der Waals surface area contributed by atoms with E-state index < -0.39 is 15.1 Å². The molecule has 3 aromatic rings. The minimum absolute atomic E-state index is 0.0416. The lowest BCUT2D eigenvalue weighted by molar-refractivity contribution is -0.118. The Kier molecular flexibility index (Phi) is 8.49. The number of sulfone groups is 1. The molecule has 0 aliphatic carbocycles. The number of amides is 1. The van der Waals surface area contributed by atoms with Gasteiger partial charge in [-0.25, -0.2) is 13.4 Å². The number of aromatic nitrogens is 1. The van der Waals surface area contributed by atoms with Crippen LogP contribution >= 0.6 is 11.3 Å². The normalized spacial score (nSPS) is 12.1. The summed E-state index contributed by atoms with van der Waals surface area (Å²) in [7, 11) is -3.34. The largest absolute Gasteiger partial charge is 0.302 e. The number of benzene rings is 2. The summed E-state index contributed by atoms with van der Waals surface area (Å²) in [5, 5.41) is 0.224. The van der Waals surface area contributed by atoms with Crippen LogP contribution in [-0.4, -0.2) is 55.6 Å². The fraction of sp³-hybridized carbons (Fsp3) is 0.462. The highest BCUT2D eigenvalue weighted by atomic mass is 32.2. The van der Waals surface area contributed by atoms with Crippen molar-refractivity contribution in [2.45, 2.75) is 58.1 Å². The predicted molar refractivity (Wildman–Crippen MR) is 142 cm³/mol. The first kappa shape index (κ1) is 26.3. The lowest BCUT2D eigenvalue weighted by Gasteiger charge is -2.24. The van der Waals surface area contributed by atoms with Gasteiger partial charge in [0.1, 0.15) is 0 Å². The molecule has 0 bridgehead atoms.